The molecule has 0 unspecified atom stereocenters. The summed E-state index contributed by atoms with van der Waals surface area (Å²) in [6.07, 6.45) is 1.94. The first kappa shape index (κ1) is 24.5. The second-order valence-corrected chi connectivity index (χ2v) is 7.46. The Hall–Kier alpha value is -4.14. The number of Topliss-reactive ketones (excluding diaryl/α,β-unsaturated/α-hetero) is 1. The van der Waals surface area contributed by atoms with Gasteiger partial charge in [0.2, 0.25) is 5.91 Å². The Bertz CT molecular complexity index is 1200. The fraction of sp³-hybridized carbons (Fsp3) is 0.240. The maximum Gasteiger partial charge on any atom is 0.259 e. The number of rotatable bonds is 10. The molecule has 0 radical (unpaired) electrons. The van der Waals surface area contributed by atoms with Crippen molar-refractivity contribution in [3.05, 3.63) is 71.4 Å². The number of carbonyl (C=O) groups excluding carboxylic acids is 3. The molecular weight excluding hydrogens is 443 g/mol. The lowest BCUT2D eigenvalue weighted by atomic mass is 10.1. The van der Waals surface area contributed by atoms with Gasteiger partial charge in [0.05, 0.1) is 31.2 Å². The lowest BCUT2D eigenvalue weighted by molar-refractivity contribution is -0.116. The van der Waals surface area contributed by atoms with Crippen LogP contribution in [0.2, 0.25) is 0 Å². The number of amides is 2. The molecule has 3 rings (SSSR count). The number of ether oxygens (including phenoxy) is 2. The maximum atomic E-state index is 14.2. The molecule has 1 aromatic heterocycles. The van der Waals surface area contributed by atoms with E-state index in [4.69, 9.17) is 13.9 Å². The van der Waals surface area contributed by atoms with Crippen molar-refractivity contribution >= 4 is 29.0 Å². The molecule has 2 aromatic carbocycles. The lowest BCUT2D eigenvalue weighted by Crippen LogP contribution is -2.15. The van der Waals surface area contributed by atoms with Gasteiger partial charge in [0, 0.05) is 17.7 Å². The SMILES string of the molecule is COc1cc(C(C)=O)ccc1OCCCC(=O)Nc1ccc(F)c(NC(=O)c2ccoc2C)c1. The van der Waals surface area contributed by atoms with E-state index < -0.39 is 11.7 Å². The topological polar surface area (TPSA) is 107 Å². The van der Waals surface area contributed by atoms with E-state index in [1.165, 1.54) is 38.5 Å². The molecule has 3 aromatic rings. The van der Waals surface area contributed by atoms with Gasteiger partial charge in [0.25, 0.3) is 5.91 Å². The van der Waals surface area contributed by atoms with Gasteiger partial charge in [-0.3, -0.25) is 14.4 Å². The number of aryl methyl sites for hydroxylation is 1. The molecule has 8 nitrogen and oxygen atoms in total. The van der Waals surface area contributed by atoms with Gasteiger partial charge in [-0.15, -0.1) is 0 Å². The van der Waals surface area contributed by atoms with Crippen LogP contribution in [-0.2, 0) is 4.79 Å². The number of nitrogens with one attached hydrogen (secondary N) is 2. The molecule has 0 saturated heterocycles. The smallest absolute Gasteiger partial charge is 0.259 e. The number of hydrogen-bond acceptors (Lipinski definition) is 6. The van der Waals surface area contributed by atoms with Crippen LogP contribution in [-0.4, -0.2) is 31.3 Å². The molecule has 0 aliphatic carbocycles. The van der Waals surface area contributed by atoms with Crippen LogP contribution in [0.4, 0.5) is 15.8 Å². The highest BCUT2D eigenvalue weighted by Crippen LogP contribution is 2.28. The number of halogens is 1. The summed E-state index contributed by atoms with van der Waals surface area (Å²) in [6.45, 7) is 3.34. The Morgan fingerprint density at radius 3 is 2.50 bits per heavy atom. The summed E-state index contributed by atoms with van der Waals surface area (Å²) in [5.41, 5.74) is 1.08. The predicted octanol–water partition coefficient (Wildman–Crippen LogP) is 4.99. The number of ketones is 1. The molecule has 0 atom stereocenters. The number of hydrogen-bond donors (Lipinski definition) is 2. The van der Waals surface area contributed by atoms with Crippen molar-refractivity contribution in [2.24, 2.45) is 0 Å². The zero-order valence-electron chi connectivity index (χ0n) is 19.1. The van der Waals surface area contributed by atoms with Crippen LogP contribution in [0, 0.1) is 12.7 Å². The first-order valence-electron chi connectivity index (χ1n) is 10.5. The van der Waals surface area contributed by atoms with Crippen LogP contribution in [0.25, 0.3) is 0 Å². The van der Waals surface area contributed by atoms with Crippen molar-refractivity contribution in [3.63, 3.8) is 0 Å². The van der Waals surface area contributed by atoms with Gasteiger partial charge in [0.15, 0.2) is 17.3 Å². The van der Waals surface area contributed by atoms with Gasteiger partial charge in [0.1, 0.15) is 11.6 Å². The third-order valence-electron chi connectivity index (χ3n) is 4.98. The molecule has 0 fully saturated rings. The Labute approximate surface area is 196 Å². The Balaban J connectivity index is 1.51. The summed E-state index contributed by atoms with van der Waals surface area (Å²) in [4.78, 5) is 36.1. The van der Waals surface area contributed by atoms with Crippen LogP contribution < -0.4 is 20.1 Å². The second-order valence-electron chi connectivity index (χ2n) is 7.46. The number of furan rings is 1. The van der Waals surface area contributed by atoms with Gasteiger partial charge in [-0.1, -0.05) is 0 Å². The number of benzene rings is 2. The Morgan fingerprint density at radius 1 is 1.03 bits per heavy atom. The van der Waals surface area contributed by atoms with Gasteiger partial charge in [-0.25, -0.2) is 4.39 Å². The Morgan fingerprint density at radius 2 is 1.82 bits per heavy atom. The molecule has 34 heavy (non-hydrogen) atoms. The van der Waals surface area contributed by atoms with Gasteiger partial charge in [-0.05, 0) is 62.7 Å². The molecule has 2 amide bonds. The van der Waals surface area contributed by atoms with Crippen LogP contribution in [0.15, 0.2) is 53.1 Å². The average molecular weight is 468 g/mol. The summed E-state index contributed by atoms with van der Waals surface area (Å²) in [5.74, 6) is -0.206. The third kappa shape index (κ3) is 6.22. The van der Waals surface area contributed by atoms with E-state index in [1.807, 2.05) is 0 Å². The van der Waals surface area contributed by atoms with Crippen molar-refractivity contribution in [2.75, 3.05) is 24.4 Å². The number of methoxy groups -OCH3 is 1. The number of anilines is 2. The average Bonchev–Trinajstić information content (AvgIpc) is 3.24. The van der Waals surface area contributed by atoms with Crippen LogP contribution in [0.5, 0.6) is 11.5 Å². The molecule has 0 aliphatic heterocycles. The lowest BCUT2D eigenvalue weighted by Gasteiger charge is -2.12. The zero-order valence-corrected chi connectivity index (χ0v) is 19.1. The highest BCUT2D eigenvalue weighted by Gasteiger charge is 2.15. The second kappa shape index (κ2) is 11.1. The van der Waals surface area contributed by atoms with E-state index in [9.17, 15) is 18.8 Å². The monoisotopic (exact) mass is 468 g/mol. The molecule has 0 bridgehead atoms. The molecule has 178 valence electrons. The number of carbonyl (C=O) groups is 3. The molecular formula is C25H25FN2O6. The first-order valence-corrected chi connectivity index (χ1v) is 10.5. The largest absolute Gasteiger partial charge is 0.493 e. The van der Waals surface area contributed by atoms with Crippen LogP contribution in [0.3, 0.4) is 0 Å². The summed E-state index contributed by atoms with van der Waals surface area (Å²) < 4.78 is 30.2. The minimum atomic E-state index is -0.634. The molecule has 0 saturated carbocycles. The fourth-order valence-electron chi connectivity index (χ4n) is 3.15. The zero-order chi connectivity index (χ0) is 24.7. The van der Waals surface area contributed by atoms with Crippen molar-refractivity contribution in [1.82, 2.24) is 0 Å². The summed E-state index contributed by atoms with van der Waals surface area (Å²) >= 11 is 0. The fourth-order valence-corrected chi connectivity index (χ4v) is 3.15. The van der Waals surface area contributed by atoms with Gasteiger partial charge < -0.3 is 24.5 Å². The molecule has 9 heteroatoms. The van der Waals surface area contributed by atoms with Gasteiger partial charge in [-0.2, -0.15) is 0 Å². The minimum absolute atomic E-state index is 0.0622. The van der Waals surface area contributed by atoms with Crippen LogP contribution >= 0.6 is 0 Å². The van der Waals surface area contributed by atoms with Crippen molar-refractivity contribution in [2.45, 2.75) is 26.7 Å². The molecule has 0 spiro atoms. The van der Waals surface area contributed by atoms with Crippen molar-refractivity contribution < 1.29 is 32.7 Å². The summed E-state index contributed by atoms with van der Waals surface area (Å²) in [6, 6.07) is 10.3. The van der Waals surface area contributed by atoms with E-state index in [0.29, 0.717) is 40.5 Å². The van der Waals surface area contributed by atoms with Gasteiger partial charge >= 0.3 is 0 Å². The van der Waals surface area contributed by atoms with E-state index in [2.05, 4.69) is 10.6 Å². The highest BCUT2D eigenvalue weighted by molar-refractivity contribution is 6.05. The summed E-state index contributed by atoms with van der Waals surface area (Å²) in [5, 5.41) is 5.16. The highest BCUT2D eigenvalue weighted by atomic mass is 19.1. The Kier molecular flexibility index (Phi) is 8.02. The van der Waals surface area contributed by atoms with Crippen molar-refractivity contribution in [3.8, 4) is 11.5 Å². The first-order chi connectivity index (χ1) is 16.3. The standard InChI is InChI=1S/C25H25FN2O6/c1-15(29)17-6-9-22(23(13-17)32-3)34-11-4-5-24(30)27-18-7-8-20(26)21(14-18)28-25(31)19-10-12-33-16(19)2/h6-10,12-14H,4-5,11H2,1-3H3,(H,27,30)(H,28,31). The maximum absolute atomic E-state index is 14.2. The molecule has 1 heterocycles. The quantitative estimate of drug-likeness (QED) is 0.321. The summed E-state index contributed by atoms with van der Waals surface area (Å²) in [7, 11) is 1.48. The normalized spacial score (nSPS) is 10.5. The van der Waals surface area contributed by atoms with E-state index in [-0.39, 0.29) is 30.4 Å². The van der Waals surface area contributed by atoms with E-state index in [0.717, 1.165) is 6.07 Å². The molecule has 2 N–H and O–H groups in total. The third-order valence-corrected chi connectivity index (χ3v) is 4.98. The minimum Gasteiger partial charge on any atom is -0.493 e. The van der Waals surface area contributed by atoms with Crippen molar-refractivity contribution in [1.29, 1.82) is 0 Å². The molecule has 0 aliphatic rings. The van der Waals surface area contributed by atoms with E-state index >= 15 is 0 Å². The van der Waals surface area contributed by atoms with E-state index in [1.54, 1.807) is 25.1 Å². The van der Waals surface area contributed by atoms with Crippen LogP contribution in [0.1, 0.15) is 46.2 Å². The predicted molar refractivity (Wildman–Crippen MR) is 124 cm³/mol.